The number of fused-ring (bicyclic) bond motifs is 1. The van der Waals surface area contributed by atoms with Crippen molar-refractivity contribution in [3.63, 3.8) is 0 Å². The molecule has 0 spiro atoms. The number of rotatable bonds is 16. The molecule has 4 nitrogen and oxygen atoms in total. The van der Waals surface area contributed by atoms with Crippen molar-refractivity contribution in [2.24, 2.45) is 0 Å². The van der Waals surface area contributed by atoms with Crippen molar-refractivity contribution in [2.45, 2.75) is 108 Å². The summed E-state index contributed by atoms with van der Waals surface area (Å²) in [6.07, 6.45) is 18.1. The fraction of sp³-hybridized carbons (Fsp3) is 0.944. The smallest absolute Gasteiger partial charge is 0.303 e. The van der Waals surface area contributed by atoms with Crippen molar-refractivity contribution in [2.75, 3.05) is 0 Å². The van der Waals surface area contributed by atoms with Crippen molar-refractivity contribution >= 4 is 5.97 Å². The molecule has 128 valence electrons. The second-order valence-electron chi connectivity index (χ2n) is 6.87. The maximum atomic E-state index is 10.4. The lowest BCUT2D eigenvalue weighted by atomic mass is 10.0. The molecule has 0 unspecified atom stereocenters. The zero-order valence-corrected chi connectivity index (χ0v) is 13.9. The van der Waals surface area contributed by atoms with Gasteiger partial charge in [0.25, 0.3) is 0 Å². The molecule has 2 saturated heterocycles. The predicted octanol–water partition coefficient (Wildman–Crippen LogP) is 5.01. The van der Waals surface area contributed by atoms with Gasteiger partial charge in [-0.05, 0) is 12.8 Å². The summed E-state index contributed by atoms with van der Waals surface area (Å²) in [5, 5.41) is 8.53. The van der Waals surface area contributed by atoms with E-state index >= 15 is 0 Å². The Hall–Kier alpha value is -0.610. The van der Waals surface area contributed by atoms with E-state index in [0.29, 0.717) is 6.42 Å². The highest BCUT2D eigenvalue weighted by Gasteiger charge is 2.76. The van der Waals surface area contributed by atoms with Crippen LogP contribution in [0.1, 0.15) is 96.3 Å². The van der Waals surface area contributed by atoms with Crippen LogP contribution in [0.15, 0.2) is 0 Å². The maximum Gasteiger partial charge on any atom is 0.303 e. The molecule has 0 saturated carbocycles. The van der Waals surface area contributed by atoms with E-state index in [-0.39, 0.29) is 12.1 Å². The zero-order chi connectivity index (χ0) is 15.7. The average molecular weight is 312 g/mol. The van der Waals surface area contributed by atoms with Gasteiger partial charge in [-0.1, -0.05) is 70.6 Å². The molecule has 4 heteroatoms. The molecule has 2 aliphatic heterocycles. The van der Waals surface area contributed by atoms with Crippen LogP contribution in [0.2, 0.25) is 0 Å². The molecule has 0 aromatic heterocycles. The first-order valence-corrected chi connectivity index (χ1v) is 9.30. The van der Waals surface area contributed by atoms with Gasteiger partial charge >= 0.3 is 5.97 Å². The summed E-state index contributed by atoms with van der Waals surface area (Å²) in [5.74, 6) is -0.737. The number of carboxylic acid groups (broad SMARTS) is 1. The first-order chi connectivity index (χ1) is 10.7. The molecule has 2 heterocycles. The largest absolute Gasteiger partial charge is 0.481 e. The van der Waals surface area contributed by atoms with Crippen LogP contribution in [-0.2, 0) is 14.3 Å². The standard InChI is InChI=1S/C18H32O4/c19-16(20)14-12-10-8-6-4-2-1-3-5-7-9-11-13-15-18-17(21-18)22-18/h17H,1-15H2,(H,19,20). The monoisotopic (exact) mass is 312 g/mol. The van der Waals surface area contributed by atoms with Crippen LogP contribution in [0.4, 0.5) is 0 Å². The number of aliphatic carboxylic acids is 1. The van der Waals surface area contributed by atoms with Gasteiger partial charge in [0, 0.05) is 12.8 Å². The van der Waals surface area contributed by atoms with Gasteiger partial charge in [-0.2, -0.15) is 0 Å². The Morgan fingerprint density at radius 3 is 1.45 bits per heavy atom. The molecule has 1 N–H and O–H groups in total. The third-order valence-corrected chi connectivity index (χ3v) is 4.77. The minimum absolute atomic E-state index is 0.0758. The van der Waals surface area contributed by atoms with Crippen molar-refractivity contribution in [1.82, 2.24) is 0 Å². The van der Waals surface area contributed by atoms with E-state index in [0.717, 1.165) is 19.3 Å². The summed E-state index contributed by atoms with van der Waals surface area (Å²) < 4.78 is 10.5. The normalized spacial score (nSPS) is 25.0. The lowest BCUT2D eigenvalue weighted by Crippen LogP contribution is -1.97. The van der Waals surface area contributed by atoms with Crippen LogP contribution in [-0.4, -0.2) is 23.2 Å². The Balaban J connectivity index is 1.19. The first-order valence-electron chi connectivity index (χ1n) is 9.30. The van der Waals surface area contributed by atoms with E-state index in [4.69, 9.17) is 14.6 Å². The lowest BCUT2D eigenvalue weighted by Gasteiger charge is -2.03. The van der Waals surface area contributed by atoms with Crippen molar-refractivity contribution < 1.29 is 19.4 Å². The molecule has 0 radical (unpaired) electrons. The third-order valence-electron chi connectivity index (χ3n) is 4.77. The van der Waals surface area contributed by atoms with Crippen LogP contribution in [0.25, 0.3) is 0 Å². The van der Waals surface area contributed by atoms with Gasteiger partial charge < -0.3 is 14.6 Å². The van der Waals surface area contributed by atoms with Crippen LogP contribution in [0.3, 0.4) is 0 Å². The summed E-state index contributed by atoms with van der Waals surface area (Å²) >= 11 is 0. The van der Waals surface area contributed by atoms with Crippen molar-refractivity contribution in [1.29, 1.82) is 0 Å². The number of unbranched alkanes of at least 4 members (excludes halogenated alkanes) is 12. The molecular weight excluding hydrogens is 280 g/mol. The van der Waals surface area contributed by atoms with Crippen molar-refractivity contribution in [3.8, 4) is 0 Å². The second-order valence-corrected chi connectivity index (χ2v) is 6.87. The highest BCUT2D eigenvalue weighted by Crippen LogP contribution is 2.59. The Labute approximate surface area is 134 Å². The quantitative estimate of drug-likeness (QED) is 0.321. The Kier molecular flexibility index (Phi) is 7.67. The van der Waals surface area contributed by atoms with Gasteiger partial charge in [-0.3, -0.25) is 4.79 Å². The maximum absolute atomic E-state index is 10.4. The molecule has 0 bridgehead atoms. The van der Waals surface area contributed by atoms with Gasteiger partial charge in [0.05, 0.1) is 0 Å². The fourth-order valence-corrected chi connectivity index (χ4v) is 3.13. The summed E-state index contributed by atoms with van der Waals surface area (Å²) in [6, 6.07) is 0. The third kappa shape index (κ3) is 7.10. The molecule has 0 aromatic carbocycles. The SMILES string of the molecule is O=C(O)CCCCCCCCCCCCCCCC12OC1O2. The molecule has 2 fully saturated rings. The van der Waals surface area contributed by atoms with Gasteiger partial charge in [0.2, 0.25) is 12.1 Å². The number of ether oxygens (including phenoxy) is 2. The Morgan fingerprint density at radius 1 is 0.727 bits per heavy atom. The van der Waals surface area contributed by atoms with E-state index < -0.39 is 5.97 Å². The van der Waals surface area contributed by atoms with E-state index in [1.54, 1.807) is 0 Å². The molecule has 2 rings (SSSR count). The molecule has 2 aliphatic rings. The minimum atomic E-state index is -0.661. The van der Waals surface area contributed by atoms with Crippen LogP contribution in [0, 0.1) is 0 Å². The summed E-state index contributed by atoms with van der Waals surface area (Å²) in [4.78, 5) is 10.4. The molecule has 0 aliphatic carbocycles. The fourth-order valence-electron chi connectivity index (χ4n) is 3.13. The Bertz CT molecular complexity index is 323. The van der Waals surface area contributed by atoms with Gasteiger partial charge in [-0.25, -0.2) is 0 Å². The second kappa shape index (κ2) is 9.51. The number of hydrogen-bond acceptors (Lipinski definition) is 3. The van der Waals surface area contributed by atoms with Crippen LogP contribution >= 0.6 is 0 Å². The highest BCUT2D eigenvalue weighted by atomic mass is 17.0. The molecular formula is C18H32O4. The topological polar surface area (TPSA) is 62.4 Å². The van der Waals surface area contributed by atoms with E-state index in [9.17, 15) is 4.79 Å². The highest BCUT2D eigenvalue weighted by molar-refractivity contribution is 5.66. The van der Waals surface area contributed by atoms with E-state index in [1.165, 1.54) is 70.6 Å². The van der Waals surface area contributed by atoms with E-state index in [2.05, 4.69) is 0 Å². The van der Waals surface area contributed by atoms with Gasteiger partial charge in [0.15, 0.2) is 0 Å². The molecule has 22 heavy (non-hydrogen) atoms. The van der Waals surface area contributed by atoms with Crippen LogP contribution in [0.5, 0.6) is 0 Å². The van der Waals surface area contributed by atoms with E-state index in [1.807, 2.05) is 0 Å². The lowest BCUT2D eigenvalue weighted by molar-refractivity contribution is -0.137. The number of carbonyl (C=O) groups is 1. The summed E-state index contributed by atoms with van der Waals surface area (Å²) in [7, 11) is 0. The molecule has 0 amide bonds. The number of hydrogen-bond donors (Lipinski definition) is 1. The Morgan fingerprint density at radius 2 is 1.09 bits per heavy atom. The predicted molar refractivity (Wildman–Crippen MR) is 85.6 cm³/mol. The summed E-state index contributed by atoms with van der Waals surface area (Å²) in [6.45, 7) is 0. The molecule has 0 atom stereocenters. The van der Waals surface area contributed by atoms with Crippen molar-refractivity contribution in [3.05, 3.63) is 0 Å². The van der Waals surface area contributed by atoms with Gasteiger partial charge in [-0.15, -0.1) is 0 Å². The summed E-state index contributed by atoms with van der Waals surface area (Å²) in [5.41, 5.74) is 0. The first kappa shape index (κ1) is 17.7. The van der Waals surface area contributed by atoms with Crippen LogP contribution < -0.4 is 0 Å². The number of epoxide rings is 2. The average Bonchev–Trinajstić information content (AvgIpc) is 3.32. The number of carboxylic acids is 1. The van der Waals surface area contributed by atoms with Gasteiger partial charge in [0.1, 0.15) is 0 Å². The zero-order valence-electron chi connectivity index (χ0n) is 13.9. The molecule has 0 aromatic rings. The minimum Gasteiger partial charge on any atom is -0.481 e.